The zero-order chi connectivity index (χ0) is 23.6. The van der Waals surface area contributed by atoms with Crippen LogP contribution in [0.2, 0.25) is 0 Å². The number of carbonyl (C=O) groups is 2. The van der Waals surface area contributed by atoms with E-state index < -0.39 is 23.6 Å². The van der Waals surface area contributed by atoms with Crippen molar-refractivity contribution in [3.8, 4) is 5.75 Å². The second-order valence-corrected chi connectivity index (χ2v) is 7.20. The summed E-state index contributed by atoms with van der Waals surface area (Å²) in [6.07, 6.45) is -4.55. The number of rotatable bonds is 6. The molecule has 0 fully saturated rings. The third-order valence-corrected chi connectivity index (χ3v) is 4.99. The number of ether oxygens (including phenoxy) is 1. The predicted molar refractivity (Wildman–Crippen MR) is 119 cm³/mol. The van der Waals surface area contributed by atoms with Gasteiger partial charge in [-0.05, 0) is 42.8 Å². The first-order valence-electron chi connectivity index (χ1n) is 10.1. The van der Waals surface area contributed by atoms with E-state index in [4.69, 9.17) is 4.74 Å². The van der Waals surface area contributed by atoms with E-state index in [1.165, 1.54) is 12.1 Å². The summed E-state index contributed by atoms with van der Waals surface area (Å²) in [5.74, 6) is -0.782. The number of amides is 2. The third kappa shape index (κ3) is 4.45. The van der Waals surface area contributed by atoms with Gasteiger partial charge in [-0.2, -0.15) is 13.2 Å². The average molecular weight is 452 g/mol. The van der Waals surface area contributed by atoms with E-state index in [9.17, 15) is 22.8 Å². The first-order valence-corrected chi connectivity index (χ1v) is 10.1. The lowest BCUT2D eigenvalue weighted by molar-refractivity contribution is -0.137. The summed E-state index contributed by atoms with van der Waals surface area (Å²) >= 11 is 0. The van der Waals surface area contributed by atoms with Crippen LogP contribution in [-0.2, 0) is 15.8 Å². The Morgan fingerprint density at radius 2 is 1.61 bits per heavy atom. The van der Waals surface area contributed by atoms with Gasteiger partial charge in [0.15, 0.2) is 0 Å². The van der Waals surface area contributed by atoms with Gasteiger partial charge in [0.25, 0.3) is 11.8 Å². The van der Waals surface area contributed by atoms with Crippen LogP contribution in [0.25, 0.3) is 5.57 Å². The van der Waals surface area contributed by atoms with Crippen molar-refractivity contribution in [3.05, 3.63) is 95.7 Å². The molecule has 5 nitrogen and oxygen atoms in total. The minimum Gasteiger partial charge on any atom is -0.494 e. The molecule has 1 N–H and O–H groups in total. The van der Waals surface area contributed by atoms with Crippen LogP contribution >= 0.6 is 0 Å². The van der Waals surface area contributed by atoms with Gasteiger partial charge in [-0.25, -0.2) is 4.90 Å². The summed E-state index contributed by atoms with van der Waals surface area (Å²) in [6.45, 7) is 2.21. The van der Waals surface area contributed by atoms with Crippen molar-refractivity contribution in [2.45, 2.75) is 13.1 Å². The fourth-order valence-electron chi connectivity index (χ4n) is 3.55. The van der Waals surface area contributed by atoms with Crippen molar-refractivity contribution in [1.82, 2.24) is 0 Å². The summed E-state index contributed by atoms with van der Waals surface area (Å²) in [5.41, 5.74) is -0.0992. The first-order chi connectivity index (χ1) is 15.8. The number of halogens is 3. The van der Waals surface area contributed by atoms with Crippen molar-refractivity contribution in [2.75, 3.05) is 16.8 Å². The number of alkyl halides is 3. The molecule has 0 unspecified atom stereocenters. The molecule has 0 atom stereocenters. The SMILES string of the molecule is CCOc1cccc(N2C(=O)C(Nc3cccc(C(F)(F)F)c3)=C(c3ccccc3)C2=O)c1. The zero-order valence-electron chi connectivity index (χ0n) is 17.5. The Labute approximate surface area is 188 Å². The van der Waals surface area contributed by atoms with Crippen LogP contribution in [0.15, 0.2) is 84.6 Å². The van der Waals surface area contributed by atoms with Crippen molar-refractivity contribution in [2.24, 2.45) is 0 Å². The highest BCUT2D eigenvalue weighted by Gasteiger charge is 2.40. The van der Waals surface area contributed by atoms with Crippen LogP contribution in [0.1, 0.15) is 18.1 Å². The maximum atomic E-state index is 13.4. The molecule has 1 heterocycles. The van der Waals surface area contributed by atoms with Gasteiger partial charge in [-0.15, -0.1) is 0 Å². The Morgan fingerprint density at radius 1 is 0.879 bits per heavy atom. The normalized spacial score (nSPS) is 14.1. The van der Waals surface area contributed by atoms with Crippen LogP contribution in [0.4, 0.5) is 24.5 Å². The maximum Gasteiger partial charge on any atom is 0.416 e. The monoisotopic (exact) mass is 452 g/mol. The number of hydrogen-bond donors (Lipinski definition) is 1. The average Bonchev–Trinajstić information content (AvgIpc) is 3.03. The molecule has 3 aromatic rings. The van der Waals surface area contributed by atoms with Gasteiger partial charge in [0.05, 0.1) is 23.4 Å². The number of nitrogens with zero attached hydrogens (tertiary/aromatic N) is 1. The first kappa shape index (κ1) is 22.1. The van der Waals surface area contributed by atoms with E-state index in [1.807, 2.05) is 6.92 Å². The smallest absolute Gasteiger partial charge is 0.416 e. The maximum absolute atomic E-state index is 13.4. The highest BCUT2D eigenvalue weighted by Crippen LogP contribution is 2.36. The second-order valence-electron chi connectivity index (χ2n) is 7.20. The molecule has 0 saturated carbocycles. The Bertz CT molecular complexity index is 1240. The van der Waals surface area contributed by atoms with Crippen molar-refractivity contribution in [3.63, 3.8) is 0 Å². The van der Waals surface area contributed by atoms with Crippen LogP contribution in [0.3, 0.4) is 0 Å². The lowest BCUT2D eigenvalue weighted by Crippen LogP contribution is -2.32. The summed E-state index contributed by atoms with van der Waals surface area (Å²) in [7, 11) is 0. The molecule has 0 radical (unpaired) electrons. The molecule has 0 aliphatic carbocycles. The fourth-order valence-corrected chi connectivity index (χ4v) is 3.55. The standard InChI is InChI=1S/C25H19F3N2O3/c1-2-33-20-13-7-12-19(15-20)30-23(31)21(16-8-4-3-5-9-16)22(24(30)32)29-18-11-6-10-17(14-18)25(26,27)28/h3-15,29H,2H2,1H3. The van der Waals surface area contributed by atoms with Gasteiger partial charge >= 0.3 is 6.18 Å². The number of imide groups is 1. The largest absolute Gasteiger partial charge is 0.494 e. The number of carbonyl (C=O) groups excluding carboxylic acids is 2. The Balaban J connectivity index is 1.78. The van der Waals surface area contributed by atoms with Gasteiger partial charge in [-0.1, -0.05) is 42.5 Å². The van der Waals surface area contributed by atoms with Crippen LogP contribution in [0, 0.1) is 0 Å². The zero-order valence-corrected chi connectivity index (χ0v) is 17.5. The van der Waals surface area contributed by atoms with Gasteiger partial charge < -0.3 is 10.1 Å². The quantitative estimate of drug-likeness (QED) is 0.502. The van der Waals surface area contributed by atoms with Crippen LogP contribution in [0.5, 0.6) is 5.75 Å². The summed E-state index contributed by atoms with van der Waals surface area (Å²) in [4.78, 5) is 27.8. The third-order valence-electron chi connectivity index (χ3n) is 4.99. The minimum absolute atomic E-state index is 0.0410. The molecule has 1 aliphatic rings. The topological polar surface area (TPSA) is 58.6 Å². The molecule has 0 bridgehead atoms. The molecule has 2 amide bonds. The highest BCUT2D eigenvalue weighted by atomic mass is 19.4. The van der Waals surface area contributed by atoms with Crippen LogP contribution < -0.4 is 15.0 Å². The Morgan fingerprint density at radius 3 is 2.30 bits per heavy atom. The number of nitrogens with one attached hydrogen (secondary N) is 1. The van der Waals surface area contributed by atoms with Crippen molar-refractivity contribution < 1.29 is 27.5 Å². The van der Waals surface area contributed by atoms with Gasteiger partial charge in [0.1, 0.15) is 11.4 Å². The molecule has 1 aliphatic heterocycles. The Hall–Kier alpha value is -4.07. The van der Waals surface area contributed by atoms with Gasteiger partial charge in [0, 0.05) is 11.8 Å². The van der Waals surface area contributed by atoms with E-state index in [1.54, 1.807) is 54.6 Å². The second kappa shape index (κ2) is 8.82. The molecule has 33 heavy (non-hydrogen) atoms. The Kier molecular flexibility index (Phi) is 5.91. The predicted octanol–water partition coefficient (Wildman–Crippen LogP) is 5.50. The van der Waals surface area contributed by atoms with E-state index in [0.29, 0.717) is 23.6 Å². The minimum atomic E-state index is -4.55. The van der Waals surface area contributed by atoms with E-state index in [0.717, 1.165) is 17.0 Å². The van der Waals surface area contributed by atoms with E-state index in [-0.39, 0.29) is 17.0 Å². The molecule has 0 spiro atoms. The number of anilines is 2. The highest BCUT2D eigenvalue weighted by molar-refractivity contribution is 6.46. The number of hydrogen-bond acceptors (Lipinski definition) is 4. The van der Waals surface area contributed by atoms with E-state index in [2.05, 4.69) is 5.32 Å². The van der Waals surface area contributed by atoms with Crippen LogP contribution in [-0.4, -0.2) is 18.4 Å². The lowest BCUT2D eigenvalue weighted by atomic mass is 10.0. The molecule has 0 saturated heterocycles. The summed E-state index contributed by atoms with van der Waals surface area (Å²) < 4.78 is 45.0. The molecule has 168 valence electrons. The van der Waals surface area contributed by atoms with Crippen molar-refractivity contribution in [1.29, 1.82) is 0 Å². The molecular weight excluding hydrogens is 433 g/mol. The molecule has 8 heteroatoms. The van der Waals surface area contributed by atoms with Gasteiger partial charge in [-0.3, -0.25) is 9.59 Å². The summed E-state index contributed by atoms with van der Waals surface area (Å²) in [6, 6.07) is 19.5. The van der Waals surface area contributed by atoms with Gasteiger partial charge in [0.2, 0.25) is 0 Å². The summed E-state index contributed by atoms with van der Waals surface area (Å²) in [5, 5.41) is 2.76. The van der Waals surface area contributed by atoms with Crippen molar-refractivity contribution >= 4 is 28.8 Å². The fraction of sp³-hybridized carbons (Fsp3) is 0.120. The number of benzene rings is 3. The lowest BCUT2D eigenvalue weighted by Gasteiger charge is -2.16. The molecule has 3 aromatic carbocycles. The van der Waals surface area contributed by atoms with E-state index >= 15 is 0 Å². The molecule has 0 aromatic heterocycles. The molecule has 4 rings (SSSR count). The molecular formula is C25H19F3N2O3.